The van der Waals surface area contributed by atoms with E-state index in [9.17, 15) is 4.79 Å². The van der Waals surface area contributed by atoms with E-state index in [2.05, 4.69) is 11.6 Å². The molecule has 0 spiro atoms. The number of aromatic nitrogens is 1. The zero-order valence-electron chi connectivity index (χ0n) is 16.0. The molecule has 4 aromatic rings. The fraction of sp³-hybridized carbons (Fsp3) is 0.130. The first-order valence-electron chi connectivity index (χ1n) is 9.18. The number of furan rings is 1. The van der Waals surface area contributed by atoms with E-state index in [0.717, 1.165) is 26.5 Å². The normalized spacial score (nSPS) is 10.8. The van der Waals surface area contributed by atoms with Crippen LogP contribution in [0.3, 0.4) is 0 Å². The van der Waals surface area contributed by atoms with Gasteiger partial charge >= 0.3 is 0 Å². The lowest BCUT2D eigenvalue weighted by molar-refractivity contribution is 0.0754. The summed E-state index contributed by atoms with van der Waals surface area (Å²) in [6, 6.07) is 19.1. The van der Waals surface area contributed by atoms with E-state index in [-0.39, 0.29) is 5.91 Å². The summed E-state index contributed by atoms with van der Waals surface area (Å²) in [5.41, 5.74) is 1.93. The Morgan fingerprint density at radius 2 is 1.97 bits per heavy atom. The van der Waals surface area contributed by atoms with Gasteiger partial charge in [-0.3, -0.25) is 4.79 Å². The lowest BCUT2D eigenvalue weighted by Gasteiger charge is -2.16. The molecular formula is C23H20N2O3S. The van der Waals surface area contributed by atoms with Crippen molar-refractivity contribution in [2.45, 2.75) is 6.54 Å². The number of hydrogen-bond donors (Lipinski definition) is 0. The van der Waals surface area contributed by atoms with Crippen LogP contribution in [0.2, 0.25) is 0 Å². The van der Waals surface area contributed by atoms with Gasteiger partial charge in [-0.05, 0) is 42.0 Å². The average molecular weight is 404 g/mol. The highest BCUT2D eigenvalue weighted by molar-refractivity contribution is 7.21. The van der Waals surface area contributed by atoms with Crippen molar-refractivity contribution in [2.24, 2.45) is 0 Å². The minimum Gasteiger partial charge on any atom is -0.490 e. The number of fused-ring (bicyclic) bond motifs is 1. The summed E-state index contributed by atoms with van der Waals surface area (Å²) >= 11 is 1.55. The Morgan fingerprint density at radius 3 is 2.72 bits per heavy atom. The van der Waals surface area contributed by atoms with E-state index in [1.54, 1.807) is 41.5 Å². The smallest absolute Gasteiger partial charge is 0.289 e. The minimum absolute atomic E-state index is 0.177. The average Bonchev–Trinajstić information content (AvgIpc) is 3.39. The number of hydrogen-bond acceptors (Lipinski definition) is 5. The summed E-state index contributed by atoms with van der Waals surface area (Å²) in [7, 11) is 1.75. The maximum Gasteiger partial charge on any atom is 0.289 e. The SMILES string of the molecule is C=CCOc1ccc(CN(C)C(=O)c2ccc(-c3nc4ccccc4s3)o2)cc1. The van der Waals surface area contributed by atoms with Crippen molar-refractivity contribution < 1.29 is 13.9 Å². The van der Waals surface area contributed by atoms with Crippen LogP contribution in [0.1, 0.15) is 16.1 Å². The van der Waals surface area contributed by atoms with Gasteiger partial charge in [0, 0.05) is 13.6 Å². The summed E-state index contributed by atoms with van der Waals surface area (Å²) in [5.74, 6) is 1.50. The van der Waals surface area contributed by atoms with Crippen LogP contribution in [-0.4, -0.2) is 29.4 Å². The van der Waals surface area contributed by atoms with Crippen LogP contribution in [0, 0.1) is 0 Å². The number of carbonyl (C=O) groups excluding carboxylic acids is 1. The third-order valence-electron chi connectivity index (χ3n) is 4.38. The molecule has 0 N–H and O–H groups in total. The lowest BCUT2D eigenvalue weighted by atomic mass is 10.2. The molecule has 2 aromatic carbocycles. The summed E-state index contributed by atoms with van der Waals surface area (Å²) in [6.07, 6.45) is 1.70. The quantitative estimate of drug-likeness (QED) is 0.387. The molecule has 5 nitrogen and oxygen atoms in total. The van der Waals surface area contributed by atoms with Crippen molar-refractivity contribution in [2.75, 3.05) is 13.7 Å². The fourth-order valence-corrected chi connectivity index (χ4v) is 3.85. The molecule has 0 fully saturated rings. The molecule has 2 aromatic heterocycles. The first-order chi connectivity index (χ1) is 14.1. The minimum atomic E-state index is -0.177. The standard InChI is InChI=1S/C23H20N2O3S/c1-3-14-27-17-10-8-16(9-11-17)15-25(2)23(26)20-13-12-19(28-20)22-24-18-6-4-5-7-21(18)29-22/h3-13H,1,14-15H2,2H3. The van der Waals surface area contributed by atoms with E-state index < -0.39 is 0 Å². The van der Waals surface area contributed by atoms with Crippen LogP contribution < -0.4 is 4.74 Å². The third kappa shape index (κ3) is 4.22. The first-order valence-corrected chi connectivity index (χ1v) is 9.99. The topological polar surface area (TPSA) is 55.6 Å². The van der Waals surface area contributed by atoms with Crippen LogP contribution >= 0.6 is 11.3 Å². The Hall–Kier alpha value is -3.38. The predicted molar refractivity (Wildman–Crippen MR) is 115 cm³/mol. The molecule has 0 aliphatic carbocycles. The number of para-hydroxylation sites is 1. The van der Waals surface area contributed by atoms with Crippen molar-refractivity contribution in [3.8, 4) is 16.5 Å². The highest BCUT2D eigenvalue weighted by atomic mass is 32.1. The van der Waals surface area contributed by atoms with Gasteiger partial charge in [0.25, 0.3) is 5.91 Å². The van der Waals surface area contributed by atoms with Gasteiger partial charge in [-0.2, -0.15) is 0 Å². The number of amides is 1. The maximum absolute atomic E-state index is 12.8. The van der Waals surface area contributed by atoms with E-state index in [1.807, 2.05) is 48.5 Å². The monoisotopic (exact) mass is 404 g/mol. The number of carbonyl (C=O) groups is 1. The molecular weight excluding hydrogens is 384 g/mol. The Bertz CT molecular complexity index is 1110. The molecule has 0 radical (unpaired) electrons. The van der Waals surface area contributed by atoms with Crippen LogP contribution in [0.15, 0.2) is 77.7 Å². The van der Waals surface area contributed by atoms with Crippen molar-refractivity contribution in [1.29, 1.82) is 0 Å². The van der Waals surface area contributed by atoms with Gasteiger partial charge < -0.3 is 14.1 Å². The van der Waals surface area contributed by atoms with Gasteiger partial charge in [0.2, 0.25) is 0 Å². The molecule has 0 aliphatic rings. The van der Waals surface area contributed by atoms with Crippen LogP contribution in [0.4, 0.5) is 0 Å². The Morgan fingerprint density at radius 1 is 1.17 bits per heavy atom. The number of ether oxygens (including phenoxy) is 1. The van der Waals surface area contributed by atoms with Gasteiger partial charge in [0.15, 0.2) is 16.5 Å². The first kappa shape index (κ1) is 19.0. The second kappa shape index (κ2) is 8.32. The summed E-state index contributed by atoms with van der Waals surface area (Å²) in [6.45, 7) is 4.57. The zero-order chi connectivity index (χ0) is 20.2. The number of nitrogens with zero attached hydrogens (tertiary/aromatic N) is 2. The van der Waals surface area contributed by atoms with E-state index >= 15 is 0 Å². The van der Waals surface area contributed by atoms with E-state index in [0.29, 0.717) is 24.7 Å². The molecule has 6 heteroatoms. The highest BCUT2D eigenvalue weighted by Crippen LogP contribution is 2.31. The second-order valence-corrected chi connectivity index (χ2v) is 7.59. The molecule has 1 amide bonds. The Balaban J connectivity index is 1.44. The lowest BCUT2D eigenvalue weighted by Crippen LogP contribution is -2.25. The Labute approximate surface area is 172 Å². The molecule has 0 saturated carbocycles. The maximum atomic E-state index is 12.8. The molecule has 4 rings (SSSR count). The largest absolute Gasteiger partial charge is 0.490 e. The Kier molecular flexibility index (Phi) is 5.44. The summed E-state index contributed by atoms with van der Waals surface area (Å²) in [5, 5.41) is 0.767. The highest BCUT2D eigenvalue weighted by Gasteiger charge is 2.18. The second-order valence-electron chi connectivity index (χ2n) is 6.56. The van der Waals surface area contributed by atoms with Crippen molar-refractivity contribution in [3.05, 3.63) is 84.6 Å². The van der Waals surface area contributed by atoms with Crippen molar-refractivity contribution in [3.63, 3.8) is 0 Å². The van der Waals surface area contributed by atoms with E-state index in [4.69, 9.17) is 9.15 Å². The fourth-order valence-electron chi connectivity index (χ4n) is 2.93. The molecule has 0 aliphatic heterocycles. The molecule has 0 unspecified atom stereocenters. The van der Waals surface area contributed by atoms with Crippen LogP contribution in [0.25, 0.3) is 21.0 Å². The van der Waals surface area contributed by atoms with Crippen molar-refractivity contribution in [1.82, 2.24) is 9.88 Å². The zero-order valence-corrected chi connectivity index (χ0v) is 16.8. The van der Waals surface area contributed by atoms with E-state index in [1.165, 1.54) is 0 Å². The van der Waals surface area contributed by atoms with Crippen LogP contribution in [0.5, 0.6) is 5.75 Å². The van der Waals surface area contributed by atoms with Gasteiger partial charge in [-0.25, -0.2) is 4.98 Å². The van der Waals surface area contributed by atoms with Gasteiger partial charge in [0.1, 0.15) is 12.4 Å². The van der Waals surface area contributed by atoms with Gasteiger partial charge in [-0.15, -0.1) is 11.3 Å². The molecule has 0 bridgehead atoms. The number of benzene rings is 2. The van der Waals surface area contributed by atoms with Gasteiger partial charge in [0.05, 0.1) is 10.2 Å². The predicted octanol–water partition coefficient (Wildman–Crippen LogP) is 5.39. The molecule has 0 saturated heterocycles. The third-order valence-corrected chi connectivity index (χ3v) is 5.43. The number of thiazole rings is 1. The molecule has 29 heavy (non-hydrogen) atoms. The van der Waals surface area contributed by atoms with Crippen molar-refractivity contribution >= 4 is 27.5 Å². The summed E-state index contributed by atoms with van der Waals surface area (Å²) in [4.78, 5) is 19.0. The van der Waals surface area contributed by atoms with Crippen LogP contribution in [-0.2, 0) is 6.54 Å². The molecule has 2 heterocycles. The molecule has 146 valence electrons. The molecule has 0 atom stereocenters. The van der Waals surface area contributed by atoms with Gasteiger partial charge in [-0.1, -0.05) is 36.9 Å². The summed E-state index contributed by atoms with van der Waals surface area (Å²) < 4.78 is 12.4. The number of rotatable bonds is 7.